The molecule has 2 N–H and O–H groups in total. The molecule has 0 aliphatic carbocycles. The molecule has 0 aliphatic rings. The summed E-state index contributed by atoms with van der Waals surface area (Å²) in [7, 11) is 0. The Morgan fingerprint density at radius 3 is 3.00 bits per heavy atom. The van der Waals surface area contributed by atoms with Gasteiger partial charge >= 0.3 is 0 Å². The lowest BCUT2D eigenvalue weighted by molar-refractivity contribution is 0.691. The third-order valence-electron chi connectivity index (χ3n) is 2.20. The van der Waals surface area contributed by atoms with Crippen molar-refractivity contribution in [3.63, 3.8) is 0 Å². The second-order valence-corrected chi connectivity index (χ2v) is 3.31. The summed E-state index contributed by atoms with van der Waals surface area (Å²) in [5.74, 6) is 0.681. The molecular weight excluding hydrogens is 190 g/mol. The van der Waals surface area contributed by atoms with Gasteiger partial charge in [0.05, 0.1) is 17.4 Å². The number of nitrogens with zero attached hydrogens (tertiary/aromatic N) is 1. The first-order valence-electron chi connectivity index (χ1n) is 5.00. The van der Waals surface area contributed by atoms with Crippen LogP contribution in [0, 0.1) is 0 Å². The van der Waals surface area contributed by atoms with Gasteiger partial charge in [-0.05, 0) is 18.7 Å². The third kappa shape index (κ3) is 2.05. The lowest BCUT2D eigenvalue weighted by atomic mass is 10.2. The van der Waals surface area contributed by atoms with Gasteiger partial charge in [0.15, 0.2) is 0 Å². The lowest BCUT2D eigenvalue weighted by Gasteiger charge is -2.02. The van der Waals surface area contributed by atoms with Gasteiger partial charge in [-0.3, -0.25) is 4.79 Å². The minimum atomic E-state index is -0.0755. The molecule has 0 saturated heterocycles. The van der Waals surface area contributed by atoms with Crippen LogP contribution in [0.25, 0.3) is 10.9 Å². The highest BCUT2D eigenvalue weighted by Gasteiger charge is 2.01. The highest BCUT2D eigenvalue weighted by Crippen LogP contribution is 2.05. The maximum atomic E-state index is 11.6. The van der Waals surface area contributed by atoms with Gasteiger partial charge in [-0.1, -0.05) is 19.1 Å². The van der Waals surface area contributed by atoms with E-state index in [2.05, 4.69) is 15.3 Å². The Labute approximate surface area is 87.4 Å². The zero-order valence-corrected chi connectivity index (χ0v) is 8.58. The molecule has 2 rings (SSSR count). The Balaban J connectivity index is 2.48. The molecule has 1 aromatic heterocycles. The van der Waals surface area contributed by atoms with Gasteiger partial charge in [0.25, 0.3) is 5.56 Å². The second-order valence-electron chi connectivity index (χ2n) is 3.31. The zero-order valence-electron chi connectivity index (χ0n) is 8.58. The molecule has 0 amide bonds. The van der Waals surface area contributed by atoms with Crippen molar-refractivity contribution in [2.45, 2.75) is 13.5 Å². The third-order valence-corrected chi connectivity index (χ3v) is 2.20. The highest BCUT2D eigenvalue weighted by molar-refractivity contribution is 5.77. The molecule has 0 radical (unpaired) electrons. The number of hydrogen-bond donors (Lipinski definition) is 2. The number of benzene rings is 1. The molecule has 78 valence electrons. The first-order valence-corrected chi connectivity index (χ1v) is 5.00. The number of hydrogen-bond acceptors (Lipinski definition) is 3. The molecule has 4 heteroatoms. The number of fused-ring (bicyclic) bond motifs is 1. The van der Waals surface area contributed by atoms with Gasteiger partial charge in [0.2, 0.25) is 0 Å². The minimum Gasteiger partial charge on any atom is -0.310 e. The molecule has 0 unspecified atom stereocenters. The topological polar surface area (TPSA) is 57.8 Å². The second kappa shape index (κ2) is 4.23. The van der Waals surface area contributed by atoms with E-state index in [1.807, 2.05) is 25.1 Å². The van der Waals surface area contributed by atoms with Gasteiger partial charge in [0, 0.05) is 0 Å². The summed E-state index contributed by atoms with van der Waals surface area (Å²) in [6.45, 7) is 3.46. The molecule has 0 atom stereocenters. The average Bonchev–Trinajstić information content (AvgIpc) is 2.26. The minimum absolute atomic E-state index is 0.0755. The fourth-order valence-electron chi connectivity index (χ4n) is 1.46. The van der Waals surface area contributed by atoms with Crippen molar-refractivity contribution in [1.82, 2.24) is 15.3 Å². The monoisotopic (exact) mass is 203 g/mol. The normalized spacial score (nSPS) is 10.7. The summed E-state index contributed by atoms with van der Waals surface area (Å²) >= 11 is 0. The van der Waals surface area contributed by atoms with Crippen LogP contribution in [-0.4, -0.2) is 16.5 Å². The summed E-state index contributed by atoms with van der Waals surface area (Å²) in [5, 5.41) is 3.76. The highest BCUT2D eigenvalue weighted by atomic mass is 16.1. The largest absolute Gasteiger partial charge is 0.310 e. The Kier molecular flexibility index (Phi) is 2.78. The van der Waals surface area contributed by atoms with Crippen LogP contribution in [0.5, 0.6) is 0 Å². The molecule has 0 spiro atoms. The van der Waals surface area contributed by atoms with Gasteiger partial charge in [-0.15, -0.1) is 0 Å². The number of aromatic amines is 1. The van der Waals surface area contributed by atoms with Crippen LogP contribution in [0.1, 0.15) is 12.7 Å². The number of H-pyrrole nitrogens is 1. The molecule has 15 heavy (non-hydrogen) atoms. The summed E-state index contributed by atoms with van der Waals surface area (Å²) in [5.41, 5.74) is 0.669. The number of para-hydroxylation sites is 1. The van der Waals surface area contributed by atoms with Crippen LogP contribution >= 0.6 is 0 Å². The van der Waals surface area contributed by atoms with Gasteiger partial charge in [-0.25, -0.2) is 4.98 Å². The first kappa shape index (κ1) is 9.86. The predicted molar refractivity (Wildman–Crippen MR) is 59.7 cm³/mol. The molecule has 0 saturated carbocycles. The molecule has 4 nitrogen and oxygen atoms in total. The van der Waals surface area contributed by atoms with Crippen LogP contribution in [0.15, 0.2) is 29.1 Å². The van der Waals surface area contributed by atoms with Crippen molar-refractivity contribution in [1.29, 1.82) is 0 Å². The SMILES string of the molecule is CCNCc1nc2ccccc2c(=O)[nH]1. The van der Waals surface area contributed by atoms with Gasteiger partial charge < -0.3 is 10.3 Å². The van der Waals surface area contributed by atoms with E-state index in [1.165, 1.54) is 0 Å². The Hall–Kier alpha value is -1.68. The standard InChI is InChI=1S/C11H13N3O/c1-2-12-7-10-13-9-6-4-3-5-8(9)11(15)14-10/h3-6,12H,2,7H2,1H3,(H,13,14,15). The number of nitrogens with one attached hydrogen (secondary N) is 2. The molecule has 1 heterocycles. The first-order chi connectivity index (χ1) is 7.31. The van der Waals surface area contributed by atoms with E-state index in [0.29, 0.717) is 17.8 Å². The van der Waals surface area contributed by atoms with E-state index in [0.717, 1.165) is 12.1 Å². The van der Waals surface area contributed by atoms with E-state index in [9.17, 15) is 4.79 Å². The maximum Gasteiger partial charge on any atom is 0.258 e. The smallest absolute Gasteiger partial charge is 0.258 e. The molecule has 0 fully saturated rings. The summed E-state index contributed by atoms with van der Waals surface area (Å²) in [6.07, 6.45) is 0. The average molecular weight is 203 g/mol. The molecule has 2 aromatic rings. The van der Waals surface area contributed by atoms with Crippen molar-refractivity contribution in [3.8, 4) is 0 Å². The summed E-state index contributed by atoms with van der Waals surface area (Å²) < 4.78 is 0. The van der Waals surface area contributed by atoms with E-state index in [-0.39, 0.29) is 5.56 Å². The summed E-state index contributed by atoms with van der Waals surface area (Å²) in [4.78, 5) is 18.8. The van der Waals surface area contributed by atoms with Gasteiger partial charge in [0.1, 0.15) is 5.82 Å². The number of rotatable bonds is 3. The van der Waals surface area contributed by atoms with Crippen molar-refractivity contribution in [2.75, 3.05) is 6.54 Å². The Morgan fingerprint density at radius 1 is 1.40 bits per heavy atom. The van der Waals surface area contributed by atoms with Crippen LogP contribution in [0.2, 0.25) is 0 Å². The Bertz CT molecular complexity index is 518. The maximum absolute atomic E-state index is 11.6. The van der Waals surface area contributed by atoms with Gasteiger partial charge in [-0.2, -0.15) is 0 Å². The lowest BCUT2D eigenvalue weighted by Crippen LogP contribution is -2.19. The molecule has 1 aromatic carbocycles. The van der Waals surface area contributed by atoms with E-state index < -0.39 is 0 Å². The van der Waals surface area contributed by atoms with Crippen LogP contribution < -0.4 is 10.9 Å². The molecule has 0 aliphatic heterocycles. The van der Waals surface area contributed by atoms with Crippen molar-refractivity contribution >= 4 is 10.9 Å². The number of aromatic nitrogens is 2. The Morgan fingerprint density at radius 2 is 2.20 bits per heavy atom. The quantitative estimate of drug-likeness (QED) is 0.783. The summed E-state index contributed by atoms with van der Waals surface area (Å²) in [6, 6.07) is 7.34. The van der Waals surface area contributed by atoms with Crippen molar-refractivity contribution in [2.24, 2.45) is 0 Å². The molecule has 0 bridgehead atoms. The van der Waals surface area contributed by atoms with E-state index in [1.54, 1.807) is 6.07 Å². The van der Waals surface area contributed by atoms with Crippen LogP contribution in [0.3, 0.4) is 0 Å². The predicted octanol–water partition coefficient (Wildman–Crippen LogP) is 1.03. The van der Waals surface area contributed by atoms with E-state index in [4.69, 9.17) is 0 Å². The molecular formula is C11H13N3O. The van der Waals surface area contributed by atoms with Crippen LogP contribution in [0.4, 0.5) is 0 Å². The fourth-order valence-corrected chi connectivity index (χ4v) is 1.46. The van der Waals surface area contributed by atoms with Crippen molar-refractivity contribution < 1.29 is 0 Å². The van der Waals surface area contributed by atoms with Crippen LogP contribution in [-0.2, 0) is 6.54 Å². The van der Waals surface area contributed by atoms with E-state index >= 15 is 0 Å². The zero-order chi connectivity index (χ0) is 10.7. The van der Waals surface area contributed by atoms with Crippen molar-refractivity contribution in [3.05, 3.63) is 40.4 Å². The fraction of sp³-hybridized carbons (Fsp3) is 0.273.